The largest absolute Gasteiger partial charge is 0.496 e. The molecule has 0 bridgehead atoms. The van der Waals surface area contributed by atoms with Gasteiger partial charge in [0, 0.05) is 43.7 Å². The van der Waals surface area contributed by atoms with E-state index >= 15 is 0 Å². The predicted octanol–water partition coefficient (Wildman–Crippen LogP) is 3.03. The number of nitrogens with one attached hydrogen (secondary N) is 1. The summed E-state index contributed by atoms with van der Waals surface area (Å²) in [6, 6.07) is 5.42. The number of aryl methyl sites for hydroxylation is 3. The molecule has 0 unspecified atom stereocenters. The highest BCUT2D eigenvalue weighted by atomic mass is 16.5. The van der Waals surface area contributed by atoms with E-state index in [1.54, 1.807) is 19.1 Å². The van der Waals surface area contributed by atoms with E-state index in [0.717, 1.165) is 28.3 Å². The fourth-order valence-corrected chi connectivity index (χ4v) is 2.79. The molecule has 2 amide bonds. The van der Waals surface area contributed by atoms with Crippen molar-refractivity contribution in [1.82, 2.24) is 14.7 Å². The van der Waals surface area contributed by atoms with E-state index in [1.165, 1.54) is 0 Å². The number of benzene rings is 1. The molecule has 0 aliphatic rings. The molecule has 1 aromatic carbocycles. The van der Waals surface area contributed by atoms with Crippen molar-refractivity contribution in [2.24, 2.45) is 7.05 Å². The zero-order chi connectivity index (χ0) is 19.3. The molecule has 0 saturated carbocycles. The lowest BCUT2D eigenvalue weighted by molar-refractivity contribution is 0.152. The topological polar surface area (TPSA) is 68.6 Å². The molecule has 0 saturated heterocycles. The van der Waals surface area contributed by atoms with Gasteiger partial charge in [0.25, 0.3) is 0 Å². The van der Waals surface area contributed by atoms with Gasteiger partial charge in [-0.15, -0.1) is 0 Å². The third kappa shape index (κ3) is 4.54. The number of amides is 2. The van der Waals surface area contributed by atoms with Gasteiger partial charge in [-0.1, -0.05) is 6.07 Å². The first kappa shape index (κ1) is 19.8. The van der Waals surface area contributed by atoms with Gasteiger partial charge >= 0.3 is 6.03 Å². The molecule has 0 radical (unpaired) electrons. The number of methoxy groups -OCH3 is 2. The quantitative estimate of drug-likeness (QED) is 0.824. The maximum Gasteiger partial charge on any atom is 0.322 e. The Hall–Kier alpha value is -2.54. The van der Waals surface area contributed by atoms with Crippen molar-refractivity contribution in [3.63, 3.8) is 0 Å². The van der Waals surface area contributed by atoms with Crippen molar-refractivity contribution in [3.8, 4) is 5.75 Å². The Morgan fingerprint density at radius 3 is 2.58 bits per heavy atom. The average Bonchev–Trinajstić information content (AvgIpc) is 2.85. The van der Waals surface area contributed by atoms with E-state index in [4.69, 9.17) is 9.47 Å². The summed E-state index contributed by atoms with van der Waals surface area (Å²) in [5, 5.41) is 7.37. The van der Waals surface area contributed by atoms with Gasteiger partial charge in [0.05, 0.1) is 26.0 Å². The number of nitrogens with zero attached hydrogens (tertiary/aromatic N) is 3. The minimum absolute atomic E-state index is 0.185. The molecule has 7 heteroatoms. The SMILES string of the molecule is COCCN(Cc1c(C)nn(C)c1C)C(=O)Nc1ccc(C)c(OC)c1. The summed E-state index contributed by atoms with van der Waals surface area (Å²) >= 11 is 0. The highest BCUT2D eigenvalue weighted by Gasteiger charge is 2.19. The molecule has 0 aliphatic heterocycles. The van der Waals surface area contributed by atoms with Gasteiger partial charge in [-0.25, -0.2) is 4.79 Å². The number of aromatic nitrogens is 2. The number of urea groups is 1. The Morgan fingerprint density at radius 1 is 1.27 bits per heavy atom. The maximum absolute atomic E-state index is 12.8. The summed E-state index contributed by atoms with van der Waals surface area (Å²) in [6.07, 6.45) is 0. The molecule has 1 N–H and O–H groups in total. The lowest BCUT2D eigenvalue weighted by atomic mass is 10.2. The molecule has 1 heterocycles. The van der Waals surface area contributed by atoms with E-state index in [-0.39, 0.29) is 6.03 Å². The third-order valence-corrected chi connectivity index (χ3v) is 4.52. The molecule has 2 aromatic rings. The Bertz CT molecular complexity index is 770. The number of carbonyl (C=O) groups excluding carboxylic acids is 1. The number of anilines is 1. The van der Waals surface area contributed by atoms with Crippen LogP contribution in [0.25, 0.3) is 0 Å². The highest BCUT2D eigenvalue weighted by Crippen LogP contribution is 2.23. The van der Waals surface area contributed by atoms with Crippen molar-refractivity contribution in [3.05, 3.63) is 40.7 Å². The van der Waals surface area contributed by atoms with Gasteiger partial charge < -0.3 is 19.7 Å². The summed E-state index contributed by atoms with van der Waals surface area (Å²) < 4.78 is 12.3. The summed E-state index contributed by atoms with van der Waals surface area (Å²) in [5.74, 6) is 0.741. The van der Waals surface area contributed by atoms with Gasteiger partial charge in [0.2, 0.25) is 0 Å². The van der Waals surface area contributed by atoms with Crippen molar-refractivity contribution < 1.29 is 14.3 Å². The first-order valence-electron chi connectivity index (χ1n) is 8.56. The van der Waals surface area contributed by atoms with Gasteiger partial charge in [-0.05, 0) is 32.4 Å². The molecule has 2 rings (SSSR count). The molecule has 0 fully saturated rings. The molecule has 0 atom stereocenters. The van der Waals surface area contributed by atoms with Crippen molar-refractivity contribution in [2.75, 3.05) is 32.7 Å². The normalized spacial score (nSPS) is 10.7. The summed E-state index contributed by atoms with van der Waals surface area (Å²) in [7, 11) is 5.15. The second kappa shape index (κ2) is 8.71. The standard InChI is InChI=1S/C19H28N4O3/c1-13-7-8-16(11-18(13)26-6)20-19(24)23(9-10-25-5)12-17-14(2)21-22(4)15(17)3/h7-8,11H,9-10,12H2,1-6H3,(H,20,24). The third-order valence-electron chi connectivity index (χ3n) is 4.52. The van der Waals surface area contributed by atoms with Crippen LogP contribution in [-0.4, -0.2) is 48.1 Å². The molecule has 1 aromatic heterocycles. The lowest BCUT2D eigenvalue weighted by Gasteiger charge is -2.23. The first-order chi connectivity index (χ1) is 12.4. The van der Waals surface area contributed by atoms with Crippen LogP contribution in [-0.2, 0) is 18.3 Å². The van der Waals surface area contributed by atoms with Crippen LogP contribution in [0.5, 0.6) is 5.75 Å². The highest BCUT2D eigenvalue weighted by molar-refractivity contribution is 5.89. The van der Waals surface area contributed by atoms with Crippen LogP contribution < -0.4 is 10.1 Å². The number of carbonyl (C=O) groups is 1. The van der Waals surface area contributed by atoms with E-state index < -0.39 is 0 Å². The Morgan fingerprint density at radius 2 is 2.00 bits per heavy atom. The summed E-state index contributed by atoms with van der Waals surface area (Å²) in [5.41, 5.74) is 4.75. The molecule has 7 nitrogen and oxygen atoms in total. The van der Waals surface area contributed by atoms with E-state index in [2.05, 4.69) is 10.4 Å². The fourth-order valence-electron chi connectivity index (χ4n) is 2.79. The predicted molar refractivity (Wildman–Crippen MR) is 102 cm³/mol. The van der Waals surface area contributed by atoms with Crippen LogP contribution in [0.4, 0.5) is 10.5 Å². The smallest absolute Gasteiger partial charge is 0.322 e. The van der Waals surface area contributed by atoms with Crippen molar-refractivity contribution in [1.29, 1.82) is 0 Å². The Labute approximate surface area is 154 Å². The second-order valence-corrected chi connectivity index (χ2v) is 6.30. The zero-order valence-corrected chi connectivity index (χ0v) is 16.4. The van der Waals surface area contributed by atoms with Crippen LogP contribution in [0.3, 0.4) is 0 Å². The maximum atomic E-state index is 12.8. The minimum Gasteiger partial charge on any atom is -0.496 e. The number of ether oxygens (including phenoxy) is 2. The van der Waals surface area contributed by atoms with Crippen LogP contribution in [0, 0.1) is 20.8 Å². The molecular weight excluding hydrogens is 332 g/mol. The fraction of sp³-hybridized carbons (Fsp3) is 0.474. The number of hydrogen-bond donors (Lipinski definition) is 1. The molecule has 26 heavy (non-hydrogen) atoms. The number of rotatable bonds is 7. The van der Waals surface area contributed by atoms with Crippen LogP contribution >= 0.6 is 0 Å². The summed E-state index contributed by atoms with van der Waals surface area (Å²) in [4.78, 5) is 14.6. The zero-order valence-electron chi connectivity index (χ0n) is 16.4. The van der Waals surface area contributed by atoms with E-state index in [1.807, 2.05) is 50.7 Å². The molecule has 0 spiro atoms. The lowest BCUT2D eigenvalue weighted by Crippen LogP contribution is -2.37. The van der Waals surface area contributed by atoms with Gasteiger partial charge in [0.1, 0.15) is 5.75 Å². The van der Waals surface area contributed by atoms with Gasteiger partial charge in [0.15, 0.2) is 0 Å². The van der Waals surface area contributed by atoms with Crippen LogP contribution in [0.15, 0.2) is 18.2 Å². The first-order valence-corrected chi connectivity index (χ1v) is 8.56. The molecular formula is C19H28N4O3. The Balaban J connectivity index is 2.18. The molecule has 0 aliphatic carbocycles. The van der Waals surface area contributed by atoms with Crippen LogP contribution in [0.1, 0.15) is 22.5 Å². The van der Waals surface area contributed by atoms with Crippen LogP contribution in [0.2, 0.25) is 0 Å². The van der Waals surface area contributed by atoms with Crippen molar-refractivity contribution in [2.45, 2.75) is 27.3 Å². The number of hydrogen-bond acceptors (Lipinski definition) is 4. The van der Waals surface area contributed by atoms with Gasteiger partial charge in [-0.3, -0.25) is 4.68 Å². The van der Waals surface area contributed by atoms with E-state index in [0.29, 0.717) is 25.4 Å². The monoisotopic (exact) mass is 360 g/mol. The minimum atomic E-state index is -0.185. The average molecular weight is 360 g/mol. The van der Waals surface area contributed by atoms with E-state index in [9.17, 15) is 4.79 Å². The molecule has 142 valence electrons. The van der Waals surface area contributed by atoms with Gasteiger partial charge in [-0.2, -0.15) is 5.10 Å². The summed E-state index contributed by atoms with van der Waals surface area (Å²) in [6.45, 7) is 7.35. The Kier molecular flexibility index (Phi) is 6.63. The second-order valence-electron chi connectivity index (χ2n) is 6.30. The van der Waals surface area contributed by atoms with Crippen molar-refractivity contribution >= 4 is 11.7 Å².